The molecule has 21 heavy (non-hydrogen) atoms. The van der Waals surface area contributed by atoms with Crippen molar-refractivity contribution in [2.45, 2.75) is 11.3 Å². The fourth-order valence-corrected chi connectivity index (χ4v) is 4.74. The molecule has 2 rings (SSSR count). The second kappa shape index (κ2) is 6.76. The molecule has 0 spiro atoms. The third-order valence-electron chi connectivity index (χ3n) is 3.39. The van der Waals surface area contributed by atoms with E-state index in [1.54, 1.807) is 0 Å². The Kier molecular flexibility index (Phi) is 5.23. The van der Waals surface area contributed by atoms with Crippen molar-refractivity contribution in [2.24, 2.45) is 5.92 Å². The maximum absolute atomic E-state index is 12.4. The minimum Gasteiger partial charge on any atom is -0.495 e. The van der Waals surface area contributed by atoms with Crippen LogP contribution in [0.3, 0.4) is 0 Å². The van der Waals surface area contributed by atoms with Crippen molar-refractivity contribution in [1.82, 2.24) is 4.72 Å². The molecule has 8 heteroatoms. The molecule has 6 nitrogen and oxygen atoms in total. The molecule has 0 aliphatic carbocycles. The highest BCUT2D eigenvalue weighted by Crippen LogP contribution is 2.33. The van der Waals surface area contributed by atoms with Crippen molar-refractivity contribution >= 4 is 27.5 Å². The fourth-order valence-electron chi connectivity index (χ4n) is 2.15. The molecule has 1 heterocycles. The molecule has 1 saturated heterocycles. The molecular weight excluding hydrogens is 312 g/mol. The highest BCUT2D eigenvalue weighted by Gasteiger charge is 2.24. The van der Waals surface area contributed by atoms with Crippen LogP contribution in [0, 0.1) is 5.92 Å². The van der Waals surface area contributed by atoms with Gasteiger partial charge in [0.1, 0.15) is 16.4 Å². The molecule has 0 radical (unpaired) electrons. The monoisotopic (exact) mass is 332 g/mol. The van der Waals surface area contributed by atoms with Gasteiger partial charge in [0.05, 0.1) is 19.9 Å². The Bertz CT molecular complexity index is 598. The number of benzene rings is 1. The van der Waals surface area contributed by atoms with E-state index in [0.717, 1.165) is 17.9 Å². The Hall–Kier alpha value is -1.12. The molecule has 1 atom stereocenters. The summed E-state index contributed by atoms with van der Waals surface area (Å²) in [6, 6.07) is 2.85. The number of hydrogen-bond acceptors (Lipinski definition) is 6. The largest absolute Gasteiger partial charge is 0.495 e. The average molecular weight is 332 g/mol. The summed E-state index contributed by atoms with van der Waals surface area (Å²) >= 11 is 1.85. The standard InChI is InChI=1S/C13H20N2O4S2/c1-18-11-6-12(19-2)13(5-10(11)14)21(16,17)15-7-9-3-4-20-8-9/h5-6,9,15H,3-4,7-8,14H2,1-2H3. The second-order valence-electron chi connectivity index (χ2n) is 4.83. The van der Waals surface area contributed by atoms with E-state index in [4.69, 9.17) is 15.2 Å². The molecule has 3 N–H and O–H groups in total. The minimum atomic E-state index is -3.66. The van der Waals surface area contributed by atoms with Gasteiger partial charge >= 0.3 is 0 Å². The van der Waals surface area contributed by atoms with Crippen LogP contribution in [0.2, 0.25) is 0 Å². The first-order valence-electron chi connectivity index (χ1n) is 6.57. The normalized spacial score (nSPS) is 18.7. The minimum absolute atomic E-state index is 0.0361. The molecule has 0 aromatic heterocycles. The number of methoxy groups -OCH3 is 2. The van der Waals surface area contributed by atoms with E-state index in [0.29, 0.717) is 18.2 Å². The quantitative estimate of drug-likeness (QED) is 0.764. The lowest BCUT2D eigenvalue weighted by Crippen LogP contribution is -2.29. The van der Waals surface area contributed by atoms with Crippen LogP contribution in [-0.4, -0.2) is 40.7 Å². The SMILES string of the molecule is COc1cc(OC)c(S(=O)(=O)NCC2CCSC2)cc1N. The van der Waals surface area contributed by atoms with E-state index in [1.807, 2.05) is 11.8 Å². The number of nitrogens with one attached hydrogen (secondary N) is 1. The van der Waals surface area contributed by atoms with E-state index >= 15 is 0 Å². The van der Waals surface area contributed by atoms with Gasteiger partial charge in [-0.15, -0.1) is 0 Å². The van der Waals surface area contributed by atoms with E-state index in [2.05, 4.69) is 4.72 Å². The third-order valence-corrected chi connectivity index (χ3v) is 6.07. The van der Waals surface area contributed by atoms with E-state index in [1.165, 1.54) is 26.4 Å². The fraction of sp³-hybridized carbons (Fsp3) is 0.538. The summed E-state index contributed by atoms with van der Waals surface area (Å²) < 4.78 is 37.7. The number of rotatable bonds is 6. The lowest BCUT2D eigenvalue weighted by Gasteiger charge is -2.15. The van der Waals surface area contributed by atoms with Crippen molar-refractivity contribution in [2.75, 3.05) is 38.0 Å². The summed E-state index contributed by atoms with van der Waals surface area (Å²) in [7, 11) is -0.776. The maximum Gasteiger partial charge on any atom is 0.244 e. The summed E-state index contributed by atoms with van der Waals surface area (Å²) in [6.45, 7) is 0.435. The van der Waals surface area contributed by atoms with E-state index in [-0.39, 0.29) is 16.3 Å². The summed E-state index contributed by atoms with van der Waals surface area (Å²) in [5.41, 5.74) is 6.05. The molecule has 1 aliphatic rings. The Labute approximate surface area is 129 Å². The van der Waals surface area contributed by atoms with Crippen LogP contribution < -0.4 is 19.9 Å². The summed E-state index contributed by atoms with van der Waals surface area (Å²) in [5.74, 6) is 3.06. The first-order valence-corrected chi connectivity index (χ1v) is 9.20. The maximum atomic E-state index is 12.4. The van der Waals surface area contributed by atoms with Crippen molar-refractivity contribution in [3.8, 4) is 11.5 Å². The van der Waals surface area contributed by atoms with Crippen molar-refractivity contribution < 1.29 is 17.9 Å². The lowest BCUT2D eigenvalue weighted by atomic mass is 10.1. The first kappa shape index (κ1) is 16.3. The Morgan fingerprint density at radius 1 is 1.33 bits per heavy atom. The lowest BCUT2D eigenvalue weighted by molar-refractivity contribution is 0.387. The molecule has 0 amide bonds. The molecule has 1 aromatic carbocycles. The van der Waals surface area contributed by atoms with Crippen LogP contribution in [0.25, 0.3) is 0 Å². The van der Waals surface area contributed by atoms with Crippen molar-refractivity contribution in [3.63, 3.8) is 0 Å². The number of nitrogens with two attached hydrogens (primary N) is 1. The van der Waals surface area contributed by atoms with Crippen LogP contribution in [0.15, 0.2) is 17.0 Å². The van der Waals surface area contributed by atoms with Crippen molar-refractivity contribution in [1.29, 1.82) is 0 Å². The molecular formula is C13H20N2O4S2. The van der Waals surface area contributed by atoms with Gasteiger partial charge in [-0.05, 0) is 29.9 Å². The van der Waals surface area contributed by atoms with Gasteiger partial charge < -0.3 is 15.2 Å². The van der Waals surface area contributed by atoms with Crippen LogP contribution in [-0.2, 0) is 10.0 Å². The number of anilines is 1. The van der Waals surface area contributed by atoms with Gasteiger partial charge in [-0.25, -0.2) is 13.1 Å². The number of thioether (sulfide) groups is 1. The summed E-state index contributed by atoms with van der Waals surface area (Å²) in [4.78, 5) is 0.0361. The molecule has 1 fully saturated rings. The van der Waals surface area contributed by atoms with Crippen LogP contribution in [0.4, 0.5) is 5.69 Å². The average Bonchev–Trinajstić information content (AvgIpc) is 2.98. The van der Waals surface area contributed by atoms with Gasteiger partial charge in [0.2, 0.25) is 10.0 Å². The van der Waals surface area contributed by atoms with Crippen LogP contribution >= 0.6 is 11.8 Å². The number of sulfonamides is 1. The Morgan fingerprint density at radius 2 is 2.05 bits per heavy atom. The van der Waals surface area contributed by atoms with Gasteiger partial charge in [-0.1, -0.05) is 0 Å². The predicted octanol–water partition coefficient (Wildman–Crippen LogP) is 1.32. The first-order chi connectivity index (χ1) is 9.97. The van der Waals surface area contributed by atoms with Gasteiger partial charge in [0.15, 0.2) is 0 Å². The zero-order chi connectivity index (χ0) is 15.5. The molecule has 0 bridgehead atoms. The highest BCUT2D eigenvalue weighted by molar-refractivity contribution is 7.99. The highest BCUT2D eigenvalue weighted by atomic mass is 32.2. The number of hydrogen-bond donors (Lipinski definition) is 2. The van der Waals surface area contributed by atoms with Gasteiger partial charge in [-0.3, -0.25) is 0 Å². The zero-order valence-electron chi connectivity index (χ0n) is 12.1. The molecule has 1 aliphatic heterocycles. The zero-order valence-corrected chi connectivity index (χ0v) is 13.7. The predicted molar refractivity (Wildman–Crippen MR) is 84.6 cm³/mol. The molecule has 1 unspecified atom stereocenters. The molecule has 0 saturated carbocycles. The van der Waals surface area contributed by atoms with Gasteiger partial charge in [0.25, 0.3) is 0 Å². The van der Waals surface area contributed by atoms with E-state index < -0.39 is 10.0 Å². The summed E-state index contributed by atoms with van der Waals surface area (Å²) in [6.07, 6.45) is 1.04. The Balaban J connectivity index is 2.23. The number of ether oxygens (including phenoxy) is 2. The topological polar surface area (TPSA) is 90.6 Å². The van der Waals surface area contributed by atoms with Crippen LogP contribution in [0.1, 0.15) is 6.42 Å². The van der Waals surface area contributed by atoms with Gasteiger partial charge in [0, 0.05) is 12.6 Å². The van der Waals surface area contributed by atoms with Gasteiger partial charge in [-0.2, -0.15) is 11.8 Å². The smallest absolute Gasteiger partial charge is 0.244 e. The summed E-state index contributed by atoms with van der Waals surface area (Å²) in [5, 5.41) is 0. The Morgan fingerprint density at radius 3 is 2.62 bits per heavy atom. The second-order valence-corrected chi connectivity index (χ2v) is 7.71. The third kappa shape index (κ3) is 3.75. The van der Waals surface area contributed by atoms with Crippen molar-refractivity contribution in [3.05, 3.63) is 12.1 Å². The van der Waals surface area contributed by atoms with Crippen LogP contribution in [0.5, 0.6) is 11.5 Å². The van der Waals surface area contributed by atoms with E-state index in [9.17, 15) is 8.42 Å². The molecule has 1 aromatic rings. The number of nitrogen functional groups attached to an aromatic ring is 1. The molecule has 118 valence electrons.